The molecule has 1 aliphatic rings. The van der Waals surface area contributed by atoms with Crippen molar-refractivity contribution in [1.29, 1.82) is 0 Å². The molecule has 1 aromatic heterocycles. The minimum absolute atomic E-state index is 0.0717. The lowest BCUT2D eigenvalue weighted by Gasteiger charge is -2.09. The first kappa shape index (κ1) is 13.7. The van der Waals surface area contributed by atoms with Gasteiger partial charge in [-0.15, -0.1) is 0 Å². The molecule has 5 nitrogen and oxygen atoms in total. The molecule has 3 atom stereocenters. The fourth-order valence-corrected chi connectivity index (χ4v) is 2.35. The first-order chi connectivity index (χ1) is 10.1. The minimum Gasteiger partial charge on any atom is -0.346 e. The van der Waals surface area contributed by atoms with Gasteiger partial charge in [0.15, 0.2) is 17.5 Å². The number of benzene rings is 1. The molecule has 110 valence electrons. The van der Waals surface area contributed by atoms with Gasteiger partial charge < -0.3 is 9.84 Å². The number of nitrogens with zero attached hydrogens (tertiary/aromatic N) is 2. The second-order valence-electron chi connectivity index (χ2n) is 5.14. The Bertz CT molecular complexity index is 660. The van der Waals surface area contributed by atoms with Gasteiger partial charge in [0.1, 0.15) is 0 Å². The van der Waals surface area contributed by atoms with E-state index in [1.54, 1.807) is 6.92 Å². The van der Waals surface area contributed by atoms with Gasteiger partial charge >= 0.3 is 0 Å². The van der Waals surface area contributed by atoms with Gasteiger partial charge in [0.25, 0.3) is 0 Å². The molecule has 0 spiro atoms. The van der Waals surface area contributed by atoms with E-state index < -0.39 is 11.6 Å². The van der Waals surface area contributed by atoms with Crippen molar-refractivity contribution >= 4 is 5.91 Å². The molecule has 0 saturated heterocycles. The summed E-state index contributed by atoms with van der Waals surface area (Å²) in [4.78, 5) is 15.9. The van der Waals surface area contributed by atoms with Gasteiger partial charge in [0.05, 0.1) is 6.04 Å². The third-order valence-electron chi connectivity index (χ3n) is 3.62. The van der Waals surface area contributed by atoms with Gasteiger partial charge in [0, 0.05) is 5.92 Å². The van der Waals surface area contributed by atoms with E-state index in [2.05, 4.69) is 20.0 Å². The van der Waals surface area contributed by atoms with Crippen molar-refractivity contribution in [2.24, 2.45) is 5.92 Å². The normalized spacial score (nSPS) is 21.9. The lowest BCUT2D eigenvalue weighted by molar-refractivity contribution is -0.123. The SMILES string of the molecule is C[C@H](NC(=O)[C@H]1C[C@H]1c1ccc(F)c(F)c1)c1ncon1. The summed E-state index contributed by atoms with van der Waals surface area (Å²) in [6.07, 6.45) is 1.81. The molecule has 3 rings (SSSR count). The van der Waals surface area contributed by atoms with Crippen LogP contribution in [0, 0.1) is 17.6 Å². The molecule has 7 heteroatoms. The summed E-state index contributed by atoms with van der Waals surface area (Å²) in [7, 11) is 0. The topological polar surface area (TPSA) is 68.0 Å². The van der Waals surface area contributed by atoms with Crippen LogP contribution in [0.15, 0.2) is 29.1 Å². The van der Waals surface area contributed by atoms with Crippen LogP contribution < -0.4 is 5.32 Å². The summed E-state index contributed by atoms with van der Waals surface area (Å²) in [5, 5.41) is 6.43. The van der Waals surface area contributed by atoms with Gasteiger partial charge in [-0.05, 0) is 37.0 Å². The van der Waals surface area contributed by atoms with Crippen molar-refractivity contribution in [3.63, 3.8) is 0 Å². The molecule has 0 unspecified atom stereocenters. The number of carbonyl (C=O) groups excluding carboxylic acids is 1. The Morgan fingerprint density at radius 2 is 2.24 bits per heavy atom. The quantitative estimate of drug-likeness (QED) is 0.939. The molecule has 2 aromatic rings. The third-order valence-corrected chi connectivity index (χ3v) is 3.62. The lowest BCUT2D eigenvalue weighted by atomic mass is 10.1. The minimum atomic E-state index is -0.890. The largest absolute Gasteiger partial charge is 0.346 e. The smallest absolute Gasteiger partial charge is 0.224 e. The number of hydrogen-bond acceptors (Lipinski definition) is 4. The number of rotatable bonds is 4. The summed E-state index contributed by atoms with van der Waals surface area (Å²) in [6, 6.07) is 3.39. The molecule has 0 radical (unpaired) electrons. The molecule has 1 N–H and O–H groups in total. The van der Waals surface area contributed by atoms with E-state index >= 15 is 0 Å². The molecule has 1 aromatic carbocycles. The zero-order valence-corrected chi connectivity index (χ0v) is 11.2. The predicted molar refractivity (Wildman–Crippen MR) is 68.1 cm³/mol. The number of amides is 1. The van der Waals surface area contributed by atoms with Crippen LogP contribution in [0.4, 0.5) is 8.78 Å². The maximum atomic E-state index is 13.2. The van der Waals surface area contributed by atoms with Crippen LogP contribution in [0.2, 0.25) is 0 Å². The van der Waals surface area contributed by atoms with E-state index in [1.165, 1.54) is 12.5 Å². The molecule has 1 saturated carbocycles. The van der Waals surface area contributed by atoms with Crippen molar-refractivity contribution in [3.8, 4) is 0 Å². The van der Waals surface area contributed by atoms with Crippen molar-refractivity contribution in [2.45, 2.75) is 25.3 Å². The van der Waals surface area contributed by atoms with E-state index in [0.29, 0.717) is 17.8 Å². The van der Waals surface area contributed by atoms with Gasteiger partial charge in [0.2, 0.25) is 12.3 Å². The third kappa shape index (κ3) is 2.76. The average Bonchev–Trinajstić information content (AvgIpc) is 3.06. The van der Waals surface area contributed by atoms with Crippen LogP contribution in [0.3, 0.4) is 0 Å². The first-order valence-electron chi connectivity index (χ1n) is 6.58. The van der Waals surface area contributed by atoms with E-state index in [1.807, 2.05) is 0 Å². The highest BCUT2D eigenvalue weighted by Gasteiger charge is 2.44. The molecule has 0 bridgehead atoms. The van der Waals surface area contributed by atoms with Crippen LogP contribution in [-0.4, -0.2) is 16.0 Å². The molecule has 1 fully saturated rings. The van der Waals surface area contributed by atoms with Crippen LogP contribution in [0.1, 0.15) is 36.7 Å². The molecule has 21 heavy (non-hydrogen) atoms. The van der Waals surface area contributed by atoms with Gasteiger partial charge in [-0.2, -0.15) is 4.98 Å². The van der Waals surface area contributed by atoms with E-state index in [4.69, 9.17) is 0 Å². The number of aromatic nitrogens is 2. The zero-order chi connectivity index (χ0) is 15.0. The Morgan fingerprint density at radius 1 is 1.43 bits per heavy atom. The molecule has 0 aliphatic heterocycles. The van der Waals surface area contributed by atoms with Crippen LogP contribution >= 0.6 is 0 Å². The second-order valence-corrected chi connectivity index (χ2v) is 5.14. The monoisotopic (exact) mass is 293 g/mol. The Hall–Kier alpha value is -2.31. The Balaban J connectivity index is 1.62. The number of carbonyl (C=O) groups is 1. The molecular formula is C14H13F2N3O2. The maximum absolute atomic E-state index is 13.2. The highest BCUT2D eigenvalue weighted by molar-refractivity contribution is 5.83. The maximum Gasteiger partial charge on any atom is 0.224 e. The summed E-state index contributed by atoms with van der Waals surface area (Å²) in [5.74, 6) is -1.83. The van der Waals surface area contributed by atoms with Crippen molar-refractivity contribution in [1.82, 2.24) is 15.5 Å². The second kappa shape index (κ2) is 5.23. The van der Waals surface area contributed by atoms with Crippen LogP contribution in [-0.2, 0) is 4.79 Å². The van der Waals surface area contributed by atoms with Gasteiger partial charge in [-0.25, -0.2) is 8.78 Å². The van der Waals surface area contributed by atoms with Crippen molar-refractivity contribution in [2.75, 3.05) is 0 Å². The van der Waals surface area contributed by atoms with E-state index in [0.717, 1.165) is 12.1 Å². The molecule has 1 aliphatic carbocycles. The summed E-state index contributed by atoms with van der Waals surface area (Å²) >= 11 is 0. The number of halogens is 2. The fraction of sp³-hybridized carbons (Fsp3) is 0.357. The van der Waals surface area contributed by atoms with E-state index in [-0.39, 0.29) is 23.8 Å². The Labute approximate surface area is 119 Å². The Morgan fingerprint density at radius 3 is 2.90 bits per heavy atom. The first-order valence-corrected chi connectivity index (χ1v) is 6.58. The Kier molecular flexibility index (Phi) is 3.40. The predicted octanol–water partition coefficient (Wildman–Crippen LogP) is 2.33. The zero-order valence-electron chi connectivity index (χ0n) is 11.2. The molecule has 1 amide bonds. The van der Waals surface area contributed by atoms with Gasteiger partial charge in [-0.3, -0.25) is 4.79 Å². The molecular weight excluding hydrogens is 280 g/mol. The lowest BCUT2D eigenvalue weighted by Crippen LogP contribution is -2.29. The number of hydrogen-bond donors (Lipinski definition) is 1. The molecule has 1 heterocycles. The van der Waals surface area contributed by atoms with Crippen molar-refractivity contribution in [3.05, 3.63) is 47.6 Å². The van der Waals surface area contributed by atoms with Gasteiger partial charge in [-0.1, -0.05) is 11.2 Å². The summed E-state index contributed by atoms with van der Waals surface area (Å²) < 4.78 is 30.7. The van der Waals surface area contributed by atoms with Crippen LogP contribution in [0.25, 0.3) is 0 Å². The summed E-state index contributed by atoms with van der Waals surface area (Å²) in [5.41, 5.74) is 0.640. The standard InChI is InChI=1S/C14H13F2N3O2/c1-7(13-17-6-21-19-13)18-14(20)10-5-9(10)8-2-3-11(15)12(16)4-8/h2-4,6-7,9-10H,5H2,1H3,(H,18,20)/t7-,9-,10-/m0/s1. The van der Waals surface area contributed by atoms with E-state index in [9.17, 15) is 13.6 Å². The summed E-state index contributed by atoms with van der Waals surface area (Å²) in [6.45, 7) is 1.75. The highest BCUT2D eigenvalue weighted by Crippen LogP contribution is 2.47. The highest BCUT2D eigenvalue weighted by atomic mass is 19.2. The van der Waals surface area contributed by atoms with Crippen molar-refractivity contribution < 1.29 is 18.1 Å². The van der Waals surface area contributed by atoms with Crippen LogP contribution in [0.5, 0.6) is 0 Å². The fourth-order valence-electron chi connectivity index (χ4n) is 2.35. The average molecular weight is 293 g/mol. The number of nitrogens with one attached hydrogen (secondary N) is 1.